The highest BCUT2D eigenvalue weighted by Gasteiger charge is 2.54. The molecule has 114 valence electrons. The minimum atomic E-state index is -0.851. The molecular weight excluding hydrogens is 267 g/mol. The van der Waals surface area contributed by atoms with Gasteiger partial charge in [-0.15, -0.1) is 0 Å². The molecule has 0 aliphatic carbocycles. The van der Waals surface area contributed by atoms with Gasteiger partial charge in [-0.3, -0.25) is 4.79 Å². The van der Waals surface area contributed by atoms with Crippen LogP contribution >= 0.6 is 0 Å². The summed E-state index contributed by atoms with van der Waals surface area (Å²) in [5.74, 6) is -1.17. The number of aryl methyl sites for hydroxylation is 1. The zero-order chi connectivity index (χ0) is 15.8. The Morgan fingerprint density at radius 3 is 2.29 bits per heavy atom. The van der Waals surface area contributed by atoms with Gasteiger partial charge in [0.25, 0.3) is 0 Å². The van der Waals surface area contributed by atoms with Crippen LogP contribution in [0.5, 0.6) is 0 Å². The van der Waals surface area contributed by atoms with Gasteiger partial charge in [0.2, 0.25) is 0 Å². The fourth-order valence-electron chi connectivity index (χ4n) is 2.51. The zero-order valence-electron chi connectivity index (χ0n) is 13.3. The summed E-state index contributed by atoms with van der Waals surface area (Å²) < 4.78 is 12.1. The van der Waals surface area contributed by atoms with E-state index >= 15 is 0 Å². The second-order valence-corrected chi connectivity index (χ2v) is 6.74. The SMILES string of the molecule is Cc1cccc(C(CC(=O)O)B2OC(C)(C)C(C)(C)O2)c1. The molecule has 1 unspecified atom stereocenters. The van der Waals surface area contributed by atoms with Gasteiger partial charge in [-0.25, -0.2) is 0 Å². The Bertz CT molecular complexity index is 523. The lowest BCUT2D eigenvalue weighted by atomic mass is 9.66. The van der Waals surface area contributed by atoms with Crippen LogP contribution in [0.25, 0.3) is 0 Å². The van der Waals surface area contributed by atoms with E-state index in [1.807, 2.05) is 58.9 Å². The maximum atomic E-state index is 11.2. The molecule has 1 fully saturated rings. The van der Waals surface area contributed by atoms with Crippen molar-refractivity contribution in [2.75, 3.05) is 0 Å². The van der Waals surface area contributed by atoms with E-state index in [4.69, 9.17) is 9.31 Å². The van der Waals surface area contributed by atoms with Gasteiger partial charge in [-0.05, 0) is 40.2 Å². The third-order valence-electron chi connectivity index (χ3n) is 4.46. The summed E-state index contributed by atoms with van der Waals surface area (Å²) in [4.78, 5) is 11.2. The maximum Gasteiger partial charge on any atom is 0.466 e. The topological polar surface area (TPSA) is 55.8 Å². The Balaban J connectivity index is 2.32. The van der Waals surface area contributed by atoms with Crippen molar-refractivity contribution in [2.45, 2.75) is 58.1 Å². The van der Waals surface area contributed by atoms with Crippen LogP contribution < -0.4 is 0 Å². The molecule has 0 saturated carbocycles. The number of hydrogen-bond donors (Lipinski definition) is 1. The van der Waals surface area contributed by atoms with Crippen LogP contribution in [-0.2, 0) is 14.1 Å². The van der Waals surface area contributed by atoms with Gasteiger partial charge >= 0.3 is 13.1 Å². The van der Waals surface area contributed by atoms with E-state index in [0.29, 0.717) is 0 Å². The minimum absolute atomic E-state index is 0.0136. The number of benzene rings is 1. The molecule has 5 heteroatoms. The normalized spacial score (nSPS) is 21.3. The smallest absolute Gasteiger partial charge is 0.466 e. The van der Waals surface area contributed by atoms with E-state index in [1.54, 1.807) is 0 Å². The van der Waals surface area contributed by atoms with Crippen molar-refractivity contribution >= 4 is 13.1 Å². The van der Waals surface area contributed by atoms with E-state index in [2.05, 4.69) is 0 Å². The first-order valence-corrected chi connectivity index (χ1v) is 7.26. The highest BCUT2D eigenvalue weighted by atomic mass is 16.7. The second-order valence-electron chi connectivity index (χ2n) is 6.74. The van der Waals surface area contributed by atoms with Crippen LogP contribution in [0.2, 0.25) is 0 Å². The first-order chi connectivity index (χ1) is 9.62. The number of carboxylic acid groups (broad SMARTS) is 1. The number of rotatable bonds is 4. The van der Waals surface area contributed by atoms with Crippen LogP contribution in [-0.4, -0.2) is 29.4 Å². The molecule has 0 spiro atoms. The van der Waals surface area contributed by atoms with E-state index in [-0.39, 0.29) is 12.2 Å². The van der Waals surface area contributed by atoms with E-state index in [9.17, 15) is 9.90 Å². The molecule has 0 bridgehead atoms. The molecule has 1 heterocycles. The molecule has 1 aliphatic heterocycles. The van der Waals surface area contributed by atoms with Crippen molar-refractivity contribution in [3.63, 3.8) is 0 Å². The van der Waals surface area contributed by atoms with Gasteiger partial charge in [-0.1, -0.05) is 29.8 Å². The van der Waals surface area contributed by atoms with E-state index in [1.165, 1.54) is 0 Å². The molecule has 21 heavy (non-hydrogen) atoms. The number of carbonyl (C=O) groups is 1. The summed E-state index contributed by atoms with van der Waals surface area (Å²) in [5.41, 5.74) is 1.12. The molecule has 2 rings (SSSR count). The fourth-order valence-corrected chi connectivity index (χ4v) is 2.51. The van der Waals surface area contributed by atoms with Gasteiger partial charge < -0.3 is 14.4 Å². The van der Waals surface area contributed by atoms with Gasteiger partial charge in [0.1, 0.15) is 0 Å². The minimum Gasteiger partial charge on any atom is -0.481 e. The highest BCUT2D eigenvalue weighted by Crippen LogP contribution is 2.41. The van der Waals surface area contributed by atoms with Crippen LogP contribution in [0.3, 0.4) is 0 Å². The number of aliphatic carboxylic acids is 1. The molecule has 1 aliphatic rings. The quantitative estimate of drug-likeness (QED) is 0.865. The molecule has 1 N–H and O–H groups in total. The third-order valence-corrected chi connectivity index (χ3v) is 4.46. The van der Waals surface area contributed by atoms with Gasteiger partial charge in [0, 0.05) is 5.82 Å². The molecule has 1 aromatic carbocycles. The summed E-state index contributed by atoms with van der Waals surface area (Å²) >= 11 is 0. The summed E-state index contributed by atoms with van der Waals surface area (Å²) in [6, 6.07) is 7.86. The zero-order valence-corrected chi connectivity index (χ0v) is 13.3. The average Bonchev–Trinajstić information content (AvgIpc) is 2.55. The first kappa shape index (κ1) is 16.1. The Morgan fingerprint density at radius 1 is 1.24 bits per heavy atom. The first-order valence-electron chi connectivity index (χ1n) is 7.26. The van der Waals surface area contributed by atoms with Gasteiger partial charge in [0.05, 0.1) is 17.6 Å². The Labute approximate surface area is 126 Å². The molecule has 1 saturated heterocycles. The molecular formula is C16H23BO4. The fraction of sp³-hybridized carbons (Fsp3) is 0.562. The van der Waals surface area contributed by atoms with Crippen molar-refractivity contribution in [1.29, 1.82) is 0 Å². The lowest BCUT2D eigenvalue weighted by Gasteiger charge is -2.32. The Hall–Kier alpha value is -1.33. The Kier molecular flexibility index (Phi) is 4.18. The Morgan fingerprint density at radius 2 is 1.81 bits per heavy atom. The lowest BCUT2D eigenvalue weighted by Crippen LogP contribution is -2.41. The van der Waals surface area contributed by atoms with E-state index in [0.717, 1.165) is 11.1 Å². The summed E-state index contributed by atoms with van der Waals surface area (Å²) in [6.45, 7) is 9.88. The number of carboxylic acids is 1. The average molecular weight is 290 g/mol. The summed E-state index contributed by atoms with van der Waals surface area (Å²) in [6.07, 6.45) is -0.0136. The van der Waals surface area contributed by atoms with E-state index < -0.39 is 24.3 Å². The van der Waals surface area contributed by atoms with Crippen LogP contribution in [0, 0.1) is 6.92 Å². The van der Waals surface area contributed by atoms with Crippen LogP contribution in [0.1, 0.15) is 51.1 Å². The maximum absolute atomic E-state index is 11.2. The predicted octanol–water partition coefficient (Wildman–Crippen LogP) is 3.18. The molecule has 0 amide bonds. The van der Waals surface area contributed by atoms with Gasteiger partial charge in [0.15, 0.2) is 0 Å². The largest absolute Gasteiger partial charge is 0.481 e. The van der Waals surface area contributed by atoms with Crippen molar-refractivity contribution in [3.8, 4) is 0 Å². The molecule has 0 aromatic heterocycles. The van der Waals surface area contributed by atoms with Crippen LogP contribution in [0.15, 0.2) is 24.3 Å². The van der Waals surface area contributed by atoms with Crippen molar-refractivity contribution in [1.82, 2.24) is 0 Å². The highest BCUT2D eigenvalue weighted by molar-refractivity contribution is 6.48. The molecule has 0 radical (unpaired) electrons. The van der Waals surface area contributed by atoms with Crippen molar-refractivity contribution < 1.29 is 19.2 Å². The standard InChI is InChI=1S/C16H23BO4/c1-11-7-6-8-12(9-11)13(10-14(18)19)17-20-15(2,3)16(4,5)21-17/h6-9,13H,10H2,1-5H3,(H,18,19). The number of hydrogen-bond acceptors (Lipinski definition) is 3. The monoisotopic (exact) mass is 290 g/mol. The third kappa shape index (κ3) is 3.30. The second kappa shape index (κ2) is 5.46. The van der Waals surface area contributed by atoms with Crippen LogP contribution in [0.4, 0.5) is 0 Å². The van der Waals surface area contributed by atoms with Crippen molar-refractivity contribution in [2.24, 2.45) is 0 Å². The molecule has 1 atom stereocenters. The molecule has 1 aromatic rings. The summed E-state index contributed by atoms with van der Waals surface area (Å²) in [7, 11) is -0.548. The lowest BCUT2D eigenvalue weighted by molar-refractivity contribution is -0.137. The van der Waals surface area contributed by atoms with Crippen molar-refractivity contribution in [3.05, 3.63) is 35.4 Å². The molecule has 4 nitrogen and oxygen atoms in total. The van der Waals surface area contributed by atoms with Gasteiger partial charge in [-0.2, -0.15) is 0 Å². The predicted molar refractivity (Wildman–Crippen MR) is 82.3 cm³/mol. The summed E-state index contributed by atoms with van der Waals surface area (Å²) in [5, 5.41) is 9.22.